The van der Waals surface area contributed by atoms with Crippen LogP contribution in [0.25, 0.3) is 28.7 Å². The average molecular weight is 626 g/mol. The van der Waals surface area contributed by atoms with Gasteiger partial charge in [-0.3, -0.25) is 19.5 Å². The normalized spacial score (nSPS) is 14.6. The maximum Gasteiger partial charge on any atom is 0.338 e. The Morgan fingerprint density at radius 3 is 2.51 bits per heavy atom. The van der Waals surface area contributed by atoms with Crippen molar-refractivity contribution >= 4 is 35.0 Å². The molecule has 5 aromatic rings. The second kappa shape index (κ2) is 11.7. The number of aromatic carboxylic acids is 1. The molecule has 0 saturated heterocycles. The molecule has 1 aliphatic rings. The lowest BCUT2D eigenvalue weighted by Gasteiger charge is -2.22. The van der Waals surface area contributed by atoms with Gasteiger partial charge in [-0.05, 0) is 50.2 Å². The lowest BCUT2D eigenvalue weighted by atomic mass is 10.0. The van der Waals surface area contributed by atoms with Crippen LogP contribution in [0.2, 0.25) is 0 Å². The first-order valence-corrected chi connectivity index (χ1v) is 14.4. The minimum atomic E-state index is -1.04. The third kappa shape index (κ3) is 5.52. The number of esters is 1. The molecule has 0 saturated carbocycles. The SMILES string of the molecule is CCOC(=O)C1=C(C)N=c2s/c(=C\c3ccc(-c4ccc(C(=O)O)cc4)o3)c(=O)n2[C@H]1c1ccc(-c2cccc([N+](=O)[O-])c2)o1. The first-order chi connectivity index (χ1) is 21.6. The standard InChI is InChI=1S/C32H23N3O9S/c1-3-42-31(39)27-17(2)33-32-34(28(27)25-14-13-24(44-25)20-5-4-6-21(15-20)35(40)41)29(36)26(45-32)16-22-11-12-23(43-22)18-7-9-19(10-8-18)30(37)38/h4-16,28H,3H2,1-2H3,(H,37,38)/b26-16-/t28-/m0/s1. The number of fused-ring (bicyclic) bond motifs is 1. The van der Waals surface area contributed by atoms with Crippen LogP contribution in [0.3, 0.4) is 0 Å². The molecule has 13 heteroatoms. The number of rotatable bonds is 8. The zero-order valence-electron chi connectivity index (χ0n) is 23.8. The van der Waals surface area contributed by atoms with E-state index < -0.39 is 28.5 Å². The highest BCUT2D eigenvalue weighted by molar-refractivity contribution is 7.07. The quantitative estimate of drug-likeness (QED) is 0.143. The molecule has 3 aromatic heterocycles. The van der Waals surface area contributed by atoms with Gasteiger partial charge in [0.15, 0.2) is 4.80 Å². The minimum Gasteiger partial charge on any atom is -0.478 e. The molecule has 0 radical (unpaired) electrons. The van der Waals surface area contributed by atoms with E-state index in [0.717, 1.165) is 11.3 Å². The molecule has 1 atom stereocenters. The molecule has 2 aromatic carbocycles. The Morgan fingerprint density at radius 1 is 1.07 bits per heavy atom. The van der Waals surface area contributed by atoms with Crippen LogP contribution in [-0.2, 0) is 9.53 Å². The zero-order valence-corrected chi connectivity index (χ0v) is 24.6. The minimum absolute atomic E-state index is 0.101. The molecule has 0 fully saturated rings. The van der Waals surface area contributed by atoms with E-state index in [4.69, 9.17) is 18.7 Å². The van der Waals surface area contributed by atoms with Crippen molar-refractivity contribution < 1.29 is 33.2 Å². The number of benzene rings is 2. The van der Waals surface area contributed by atoms with Crippen LogP contribution in [-0.4, -0.2) is 33.1 Å². The van der Waals surface area contributed by atoms with Gasteiger partial charge in [0.05, 0.1) is 32.9 Å². The van der Waals surface area contributed by atoms with Crippen LogP contribution < -0.4 is 14.9 Å². The Labute approximate surface area is 257 Å². The molecule has 45 heavy (non-hydrogen) atoms. The van der Waals surface area contributed by atoms with Crippen LogP contribution in [0, 0.1) is 10.1 Å². The largest absolute Gasteiger partial charge is 0.478 e. The van der Waals surface area contributed by atoms with Gasteiger partial charge in [-0.25, -0.2) is 14.6 Å². The molecule has 1 N–H and O–H groups in total. The van der Waals surface area contributed by atoms with Crippen LogP contribution in [0.15, 0.2) is 103 Å². The van der Waals surface area contributed by atoms with Gasteiger partial charge in [0.1, 0.15) is 29.1 Å². The Morgan fingerprint density at radius 2 is 1.80 bits per heavy atom. The molecular formula is C32H23N3O9S. The zero-order chi connectivity index (χ0) is 31.8. The summed E-state index contributed by atoms with van der Waals surface area (Å²) in [7, 11) is 0. The molecule has 0 aliphatic carbocycles. The van der Waals surface area contributed by atoms with E-state index in [0.29, 0.717) is 38.9 Å². The van der Waals surface area contributed by atoms with E-state index in [9.17, 15) is 24.5 Å². The van der Waals surface area contributed by atoms with E-state index in [1.165, 1.54) is 34.9 Å². The maximum absolute atomic E-state index is 13.9. The van der Waals surface area contributed by atoms with Crippen LogP contribution in [0.4, 0.5) is 5.69 Å². The number of ether oxygens (including phenoxy) is 1. The van der Waals surface area contributed by atoms with Crippen molar-refractivity contribution in [3.8, 4) is 22.6 Å². The number of nitro groups is 1. The summed E-state index contributed by atoms with van der Waals surface area (Å²) in [6.07, 6.45) is 1.57. The highest BCUT2D eigenvalue weighted by atomic mass is 32.1. The van der Waals surface area contributed by atoms with Crippen LogP contribution in [0.5, 0.6) is 0 Å². The molecule has 6 rings (SSSR count). The van der Waals surface area contributed by atoms with Gasteiger partial charge in [0.2, 0.25) is 0 Å². The first kappa shape index (κ1) is 29.3. The van der Waals surface area contributed by atoms with E-state index in [2.05, 4.69) is 4.99 Å². The Hall–Kier alpha value is -5.82. The first-order valence-electron chi connectivity index (χ1n) is 13.6. The summed E-state index contributed by atoms with van der Waals surface area (Å²) in [6, 6.07) is 17.8. The lowest BCUT2D eigenvalue weighted by molar-refractivity contribution is -0.384. The van der Waals surface area contributed by atoms with Gasteiger partial charge in [-0.15, -0.1) is 0 Å². The fraction of sp³-hybridized carbons (Fsp3) is 0.125. The number of thiazole rings is 1. The smallest absolute Gasteiger partial charge is 0.338 e. The van der Waals surface area contributed by atoms with Crippen molar-refractivity contribution in [1.82, 2.24) is 4.57 Å². The predicted molar refractivity (Wildman–Crippen MR) is 162 cm³/mol. The van der Waals surface area contributed by atoms with E-state index >= 15 is 0 Å². The lowest BCUT2D eigenvalue weighted by Crippen LogP contribution is -2.39. The predicted octanol–water partition coefficient (Wildman–Crippen LogP) is 4.92. The molecule has 0 spiro atoms. The summed E-state index contributed by atoms with van der Waals surface area (Å²) in [5, 5.41) is 20.5. The highest BCUT2D eigenvalue weighted by Gasteiger charge is 2.35. The maximum atomic E-state index is 13.9. The third-order valence-electron chi connectivity index (χ3n) is 7.07. The fourth-order valence-electron chi connectivity index (χ4n) is 4.98. The Bertz CT molecular complexity index is 2200. The molecule has 1 aliphatic heterocycles. The summed E-state index contributed by atoms with van der Waals surface area (Å²) in [6.45, 7) is 3.42. The average Bonchev–Trinajstić information content (AvgIpc) is 3.77. The highest BCUT2D eigenvalue weighted by Crippen LogP contribution is 2.35. The van der Waals surface area contributed by atoms with Gasteiger partial charge < -0.3 is 18.7 Å². The number of nitro benzene ring substituents is 1. The number of hydrogen-bond donors (Lipinski definition) is 1. The van der Waals surface area contributed by atoms with Crippen LogP contribution >= 0.6 is 11.3 Å². The van der Waals surface area contributed by atoms with Crippen molar-refractivity contribution in [3.05, 3.63) is 131 Å². The van der Waals surface area contributed by atoms with Crippen molar-refractivity contribution in [1.29, 1.82) is 0 Å². The van der Waals surface area contributed by atoms with Gasteiger partial charge in [0, 0.05) is 29.3 Å². The van der Waals surface area contributed by atoms with Gasteiger partial charge in [-0.1, -0.05) is 35.6 Å². The number of carbonyl (C=O) groups excluding carboxylic acids is 1. The van der Waals surface area contributed by atoms with Crippen molar-refractivity contribution in [2.24, 2.45) is 4.99 Å². The summed E-state index contributed by atoms with van der Waals surface area (Å²) in [4.78, 5) is 53.9. The number of carbonyl (C=O) groups is 2. The van der Waals surface area contributed by atoms with Crippen molar-refractivity contribution in [2.75, 3.05) is 6.61 Å². The van der Waals surface area contributed by atoms with Crippen molar-refractivity contribution in [2.45, 2.75) is 19.9 Å². The number of furan rings is 2. The summed E-state index contributed by atoms with van der Waals surface area (Å²) in [5.74, 6) is -0.280. The molecule has 4 heterocycles. The molecule has 0 unspecified atom stereocenters. The van der Waals surface area contributed by atoms with E-state index in [1.54, 1.807) is 62.4 Å². The molecule has 226 valence electrons. The number of non-ortho nitro benzene ring substituents is 1. The molecule has 12 nitrogen and oxygen atoms in total. The third-order valence-corrected chi connectivity index (χ3v) is 8.05. The topological polar surface area (TPSA) is 167 Å². The fourth-order valence-corrected chi connectivity index (χ4v) is 6.01. The molecule has 0 bridgehead atoms. The summed E-state index contributed by atoms with van der Waals surface area (Å²) < 4.78 is 19.0. The van der Waals surface area contributed by atoms with E-state index in [-0.39, 0.29) is 33.7 Å². The molecular weight excluding hydrogens is 602 g/mol. The number of allylic oxidation sites excluding steroid dienone is 1. The number of carboxylic acids is 1. The van der Waals surface area contributed by atoms with E-state index in [1.807, 2.05) is 0 Å². The summed E-state index contributed by atoms with van der Waals surface area (Å²) in [5.41, 5.74) is 1.17. The summed E-state index contributed by atoms with van der Waals surface area (Å²) >= 11 is 1.10. The second-order valence-electron chi connectivity index (χ2n) is 9.90. The number of aromatic nitrogens is 1. The number of hydrogen-bond acceptors (Lipinski definition) is 10. The number of nitrogens with zero attached hydrogens (tertiary/aromatic N) is 3. The Balaban J connectivity index is 1.43. The monoisotopic (exact) mass is 625 g/mol. The Kier molecular flexibility index (Phi) is 7.60. The number of carboxylic acid groups (broad SMARTS) is 1. The van der Waals surface area contributed by atoms with Gasteiger partial charge in [0.25, 0.3) is 11.2 Å². The molecule has 0 amide bonds. The van der Waals surface area contributed by atoms with Crippen LogP contribution in [0.1, 0.15) is 41.8 Å². The van der Waals surface area contributed by atoms with Gasteiger partial charge in [-0.2, -0.15) is 0 Å². The van der Waals surface area contributed by atoms with Crippen molar-refractivity contribution in [3.63, 3.8) is 0 Å². The van der Waals surface area contributed by atoms with Gasteiger partial charge >= 0.3 is 11.9 Å². The second-order valence-corrected chi connectivity index (χ2v) is 10.9.